The molecule has 7 heteroatoms. The number of alkyl halides is 2. The summed E-state index contributed by atoms with van der Waals surface area (Å²) in [5.41, 5.74) is 0. The van der Waals surface area contributed by atoms with Crippen LogP contribution >= 0.6 is 0 Å². The Balaban J connectivity index is 2.40. The molecule has 1 amide bonds. The number of aliphatic hydroxyl groups excluding tert-OH is 1. The van der Waals surface area contributed by atoms with Gasteiger partial charge in [-0.2, -0.15) is 0 Å². The predicted octanol–water partition coefficient (Wildman–Crippen LogP) is -0.680. The highest BCUT2D eigenvalue weighted by Crippen LogP contribution is 2.03. The van der Waals surface area contributed by atoms with E-state index < -0.39 is 13.0 Å². The summed E-state index contributed by atoms with van der Waals surface area (Å²) >= 11 is 0. The molecule has 0 radical (unpaired) electrons. The van der Waals surface area contributed by atoms with E-state index >= 15 is 0 Å². The van der Waals surface area contributed by atoms with Crippen molar-refractivity contribution in [2.45, 2.75) is 6.43 Å². The number of aliphatic hydroxyl groups is 1. The molecule has 1 aliphatic rings. The van der Waals surface area contributed by atoms with E-state index in [-0.39, 0.29) is 25.6 Å². The highest BCUT2D eigenvalue weighted by Gasteiger charge is 2.22. The quantitative estimate of drug-likeness (QED) is 0.691. The second-order valence-corrected chi connectivity index (χ2v) is 4.53. The van der Waals surface area contributed by atoms with Gasteiger partial charge in [0.1, 0.15) is 0 Å². The monoisotopic (exact) mass is 265 g/mol. The molecule has 1 rings (SSSR count). The molecule has 0 aliphatic carbocycles. The van der Waals surface area contributed by atoms with Gasteiger partial charge in [0.2, 0.25) is 5.91 Å². The number of rotatable bonds is 6. The molecule has 1 saturated heterocycles. The van der Waals surface area contributed by atoms with Gasteiger partial charge in [-0.3, -0.25) is 9.69 Å². The lowest BCUT2D eigenvalue weighted by Gasteiger charge is -2.33. The first-order valence-electron chi connectivity index (χ1n) is 6.10. The molecule has 0 aromatic carbocycles. The first kappa shape index (κ1) is 15.3. The van der Waals surface area contributed by atoms with Crippen LogP contribution in [0.3, 0.4) is 0 Å². The van der Waals surface area contributed by atoms with Gasteiger partial charge in [-0.1, -0.05) is 0 Å². The zero-order valence-corrected chi connectivity index (χ0v) is 10.7. The highest BCUT2D eigenvalue weighted by atomic mass is 19.3. The van der Waals surface area contributed by atoms with E-state index in [1.54, 1.807) is 4.90 Å². The number of likely N-dealkylation sites (N-methyl/N-ethyl adjacent to an activating group) is 1. The lowest BCUT2D eigenvalue weighted by Crippen LogP contribution is -2.50. The molecule has 0 atom stereocenters. The van der Waals surface area contributed by atoms with Crippen LogP contribution in [0.1, 0.15) is 0 Å². The maximum atomic E-state index is 12.3. The van der Waals surface area contributed by atoms with Crippen LogP contribution in [0.15, 0.2) is 0 Å². The SMILES string of the molecule is CN1CCN(C(=O)CN(CCO)CC(F)F)CC1. The molecular weight excluding hydrogens is 244 g/mol. The number of hydrogen-bond acceptors (Lipinski definition) is 4. The first-order chi connectivity index (χ1) is 8.52. The predicted molar refractivity (Wildman–Crippen MR) is 63.6 cm³/mol. The number of piperazine rings is 1. The van der Waals surface area contributed by atoms with Crippen LogP contribution in [0.2, 0.25) is 0 Å². The molecular formula is C11H21F2N3O2. The smallest absolute Gasteiger partial charge is 0.251 e. The van der Waals surface area contributed by atoms with Gasteiger partial charge in [-0.05, 0) is 7.05 Å². The molecule has 5 nitrogen and oxygen atoms in total. The summed E-state index contributed by atoms with van der Waals surface area (Å²) in [5.74, 6) is -0.141. The topological polar surface area (TPSA) is 47.0 Å². The maximum Gasteiger partial charge on any atom is 0.251 e. The van der Waals surface area contributed by atoms with Crippen molar-refractivity contribution in [2.75, 3.05) is 59.5 Å². The Hall–Kier alpha value is -0.790. The average molecular weight is 265 g/mol. The largest absolute Gasteiger partial charge is 0.395 e. The van der Waals surface area contributed by atoms with Crippen molar-refractivity contribution in [3.8, 4) is 0 Å². The van der Waals surface area contributed by atoms with Gasteiger partial charge in [-0.25, -0.2) is 8.78 Å². The zero-order chi connectivity index (χ0) is 13.5. The summed E-state index contributed by atoms with van der Waals surface area (Å²) in [7, 11) is 1.98. The third-order valence-electron chi connectivity index (χ3n) is 3.03. The molecule has 0 bridgehead atoms. The Morgan fingerprint density at radius 1 is 1.33 bits per heavy atom. The van der Waals surface area contributed by atoms with Gasteiger partial charge in [0.25, 0.3) is 6.43 Å². The number of nitrogens with zero attached hydrogens (tertiary/aromatic N) is 3. The summed E-state index contributed by atoms with van der Waals surface area (Å²) in [6.07, 6.45) is -2.49. The molecule has 0 unspecified atom stereocenters. The minimum atomic E-state index is -2.49. The van der Waals surface area contributed by atoms with Crippen LogP contribution < -0.4 is 0 Å². The highest BCUT2D eigenvalue weighted by molar-refractivity contribution is 5.78. The molecule has 1 aliphatic heterocycles. The number of carbonyl (C=O) groups is 1. The minimum absolute atomic E-state index is 0.0470. The van der Waals surface area contributed by atoms with E-state index in [0.29, 0.717) is 13.1 Å². The Labute approximate surface area is 106 Å². The van der Waals surface area contributed by atoms with Gasteiger partial charge in [-0.15, -0.1) is 0 Å². The van der Waals surface area contributed by atoms with E-state index in [1.165, 1.54) is 4.90 Å². The molecule has 1 heterocycles. The van der Waals surface area contributed by atoms with Crippen molar-refractivity contribution in [3.05, 3.63) is 0 Å². The molecule has 0 spiro atoms. The Kier molecular flexibility index (Phi) is 6.45. The van der Waals surface area contributed by atoms with E-state index in [4.69, 9.17) is 5.11 Å². The van der Waals surface area contributed by atoms with Crippen molar-refractivity contribution < 1.29 is 18.7 Å². The summed E-state index contributed by atoms with van der Waals surface area (Å²) < 4.78 is 24.6. The van der Waals surface area contributed by atoms with Gasteiger partial charge in [0.05, 0.1) is 19.7 Å². The molecule has 1 fully saturated rings. The second kappa shape index (κ2) is 7.60. The standard InChI is InChI=1S/C11H21F2N3O2/c1-14-2-4-16(5-3-14)11(18)9-15(6-7-17)8-10(12)13/h10,17H,2-9H2,1H3. The fourth-order valence-corrected chi connectivity index (χ4v) is 1.92. The molecule has 18 heavy (non-hydrogen) atoms. The second-order valence-electron chi connectivity index (χ2n) is 4.53. The van der Waals surface area contributed by atoms with E-state index in [9.17, 15) is 13.6 Å². The van der Waals surface area contributed by atoms with E-state index in [2.05, 4.69) is 4.90 Å². The van der Waals surface area contributed by atoms with E-state index in [0.717, 1.165) is 13.1 Å². The number of hydrogen-bond donors (Lipinski definition) is 1. The summed E-state index contributed by atoms with van der Waals surface area (Å²) in [6.45, 7) is 2.25. The summed E-state index contributed by atoms with van der Waals surface area (Å²) in [5, 5.41) is 8.79. The van der Waals surface area contributed by atoms with Crippen molar-refractivity contribution in [3.63, 3.8) is 0 Å². The van der Waals surface area contributed by atoms with Crippen molar-refractivity contribution in [1.82, 2.24) is 14.7 Å². The van der Waals surface area contributed by atoms with Crippen LogP contribution in [-0.4, -0.2) is 91.6 Å². The number of amides is 1. The van der Waals surface area contributed by atoms with Gasteiger partial charge >= 0.3 is 0 Å². The third kappa shape index (κ3) is 5.24. The van der Waals surface area contributed by atoms with E-state index in [1.807, 2.05) is 7.05 Å². The summed E-state index contributed by atoms with van der Waals surface area (Å²) in [6, 6.07) is 0. The average Bonchev–Trinajstić information content (AvgIpc) is 2.29. The lowest BCUT2D eigenvalue weighted by atomic mass is 10.3. The number of halogens is 2. The number of carbonyl (C=O) groups excluding carboxylic acids is 1. The van der Waals surface area contributed by atoms with Crippen LogP contribution in [0.5, 0.6) is 0 Å². The fourth-order valence-electron chi connectivity index (χ4n) is 1.92. The third-order valence-corrected chi connectivity index (χ3v) is 3.03. The summed E-state index contributed by atoms with van der Waals surface area (Å²) in [4.78, 5) is 17.0. The Morgan fingerprint density at radius 3 is 2.44 bits per heavy atom. The molecule has 106 valence electrons. The normalized spacial score (nSPS) is 17.8. The lowest BCUT2D eigenvalue weighted by molar-refractivity contribution is -0.134. The minimum Gasteiger partial charge on any atom is -0.395 e. The Morgan fingerprint density at radius 2 is 1.94 bits per heavy atom. The Bertz CT molecular complexity index is 259. The fraction of sp³-hybridized carbons (Fsp3) is 0.909. The van der Waals surface area contributed by atoms with Crippen molar-refractivity contribution in [2.24, 2.45) is 0 Å². The van der Waals surface area contributed by atoms with Crippen LogP contribution in [0.4, 0.5) is 8.78 Å². The van der Waals surface area contributed by atoms with Gasteiger partial charge < -0.3 is 14.9 Å². The molecule has 0 aromatic rings. The zero-order valence-electron chi connectivity index (χ0n) is 10.7. The van der Waals surface area contributed by atoms with Gasteiger partial charge in [0.15, 0.2) is 0 Å². The molecule has 0 aromatic heterocycles. The maximum absolute atomic E-state index is 12.3. The van der Waals surface area contributed by atoms with Crippen LogP contribution in [0, 0.1) is 0 Å². The van der Waals surface area contributed by atoms with Crippen LogP contribution in [-0.2, 0) is 4.79 Å². The van der Waals surface area contributed by atoms with Crippen molar-refractivity contribution in [1.29, 1.82) is 0 Å². The van der Waals surface area contributed by atoms with Crippen molar-refractivity contribution >= 4 is 5.91 Å². The van der Waals surface area contributed by atoms with Crippen LogP contribution in [0.25, 0.3) is 0 Å². The van der Waals surface area contributed by atoms with Gasteiger partial charge in [0, 0.05) is 32.7 Å². The molecule has 1 N–H and O–H groups in total. The first-order valence-corrected chi connectivity index (χ1v) is 6.10. The molecule has 0 saturated carbocycles.